The van der Waals surface area contributed by atoms with E-state index >= 15 is 0 Å². The first-order chi connectivity index (χ1) is 12.5. The van der Waals surface area contributed by atoms with Crippen LogP contribution < -0.4 is 5.32 Å². The molecule has 0 fully saturated rings. The maximum absolute atomic E-state index is 12.6. The summed E-state index contributed by atoms with van der Waals surface area (Å²) in [6.07, 6.45) is 3.12. The van der Waals surface area contributed by atoms with Crippen molar-refractivity contribution in [1.82, 2.24) is 19.6 Å². The molecule has 3 rings (SSSR count). The Morgan fingerprint density at radius 3 is 2.74 bits per heavy atom. The number of halogens is 1. The quantitative estimate of drug-likeness (QED) is 0.745. The van der Waals surface area contributed by atoms with Crippen LogP contribution in [0.25, 0.3) is 5.65 Å². The van der Waals surface area contributed by atoms with E-state index in [1.807, 2.05) is 29.7 Å². The number of nitrogens with one attached hydrogen (secondary N) is 1. The third-order valence-electron chi connectivity index (χ3n) is 4.24. The number of nitrogens with zero attached hydrogens (tertiary/aromatic N) is 4. The average Bonchev–Trinajstić information content (AvgIpc) is 2.91. The lowest BCUT2D eigenvalue weighted by atomic mass is 9.89. The third-order valence-corrected chi connectivity index (χ3v) is 4.82. The Morgan fingerprint density at radius 2 is 2.07 bits per heavy atom. The number of hydrogen-bond acceptors (Lipinski definition) is 5. The maximum atomic E-state index is 12.6. The van der Waals surface area contributed by atoms with Crippen LogP contribution in [-0.4, -0.2) is 44.9 Å². The van der Waals surface area contributed by atoms with Gasteiger partial charge < -0.3 is 4.74 Å². The summed E-state index contributed by atoms with van der Waals surface area (Å²) in [5, 5.41) is 2.59. The molecule has 1 aliphatic heterocycles. The SMILES string of the molecule is CN1C(=O)C[C@@](C)(c2ccc3ncc(Br)n3c2)N=C1NC(=O)OC(C)(C)C. The summed E-state index contributed by atoms with van der Waals surface area (Å²) in [6, 6.07) is 3.76. The smallest absolute Gasteiger partial charge is 0.414 e. The van der Waals surface area contributed by atoms with Crippen molar-refractivity contribution in [1.29, 1.82) is 0 Å². The van der Waals surface area contributed by atoms with Crippen molar-refractivity contribution in [3.05, 3.63) is 34.7 Å². The van der Waals surface area contributed by atoms with Crippen LogP contribution in [0.5, 0.6) is 0 Å². The Morgan fingerprint density at radius 1 is 1.37 bits per heavy atom. The van der Waals surface area contributed by atoms with Crippen LogP contribution in [0.1, 0.15) is 39.7 Å². The van der Waals surface area contributed by atoms with Gasteiger partial charge in [0.15, 0.2) is 0 Å². The lowest BCUT2D eigenvalue weighted by Gasteiger charge is -2.35. The van der Waals surface area contributed by atoms with Gasteiger partial charge in [-0.15, -0.1) is 0 Å². The number of aliphatic imine (C=N–C) groups is 1. The Bertz CT molecular complexity index is 946. The van der Waals surface area contributed by atoms with Gasteiger partial charge in [-0.05, 0) is 55.3 Å². The predicted molar refractivity (Wildman–Crippen MR) is 104 cm³/mol. The van der Waals surface area contributed by atoms with E-state index in [4.69, 9.17) is 4.74 Å². The van der Waals surface area contributed by atoms with Crippen LogP contribution in [0, 0.1) is 0 Å². The maximum Gasteiger partial charge on any atom is 0.414 e. The first-order valence-corrected chi connectivity index (χ1v) is 9.27. The molecule has 3 heterocycles. The highest BCUT2D eigenvalue weighted by Crippen LogP contribution is 2.33. The van der Waals surface area contributed by atoms with Gasteiger partial charge >= 0.3 is 6.09 Å². The van der Waals surface area contributed by atoms with Crippen LogP contribution in [0.3, 0.4) is 0 Å². The summed E-state index contributed by atoms with van der Waals surface area (Å²) in [5.74, 6) is 0.0103. The van der Waals surface area contributed by atoms with E-state index in [1.165, 1.54) is 4.90 Å². The molecular weight excluding hydrogens is 414 g/mol. The van der Waals surface area contributed by atoms with Gasteiger partial charge in [0.25, 0.3) is 0 Å². The van der Waals surface area contributed by atoms with Gasteiger partial charge in [0.2, 0.25) is 11.9 Å². The third kappa shape index (κ3) is 3.97. The normalized spacial score (nSPS) is 20.6. The molecule has 2 aromatic rings. The number of fused-ring (bicyclic) bond motifs is 1. The average molecular weight is 436 g/mol. The molecule has 27 heavy (non-hydrogen) atoms. The van der Waals surface area contributed by atoms with Crippen molar-refractivity contribution >= 4 is 39.5 Å². The van der Waals surface area contributed by atoms with E-state index < -0.39 is 17.2 Å². The number of rotatable bonds is 1. The second-order valence-corrected chi connectivity index (χ2v) is 8.51. The van der Waals surface area contributed by atoms with Gasteiger partial charge in [0.05, 0.1) is 18.2 Å². The molecular formula is C18H22BrN5O3. The number of guanidine groups is 1. The van der Waals surface area contributed by atoms with E-state index in [9.17, 15) is 9.59 Å². The Kier molecular flexibility index (Phi) is 4.75. The summed E-state index contributed by atoms with van der Waals surface area (Å²) in [7, 11) is 1.58. The van der Waals surface area contributed by atoms with Crippen molar-refractivity contribution < 1.29 is 14.3 Å². The van der Waals surface area contributed by atoms with Crippen LogP contribution >= 0.6 is 15.9 Å². The first kappa shape index (κ1) is 19.3. The first-order valence-electron chi connectivity index (χ1n) is 8.48. The van der Waals surface area contributed by atoms with Crippen molar-refractivity contribution in [3.8, 4) is 0 Å². The van der Waals surface area contributed by atoms with Crippen molar-refractivity contribution in [2.75, 3.05) is 7.05 Å². The van der Waals surface area contributed by atoms with E-state index in [2.05, 4.69) is 31.2 Å². The molecule has 2 aromatic heterocycles. The fraction of sp³-hybridized carbons (Fsp3) is 0.444. The molecule has 9 heteroatoms. The number of hydrogen-bond donors (Lipinski definition) is 1. The minimum absolute atomic E-state index is 0.150. The molecule has 1 atom stereocenters. The van der Waals surface area contributed by atoms with E-state index in [0.717, 1.165) is 15.8 Å². The molecule has 144 valence electrons. The van der Waals surface area contributed by atoms with E-state index in [-0.39, 0.29) is 18.3 Å². The van der Waals surface area contributed by atoms with Crippen LogP contribution in [0.15, 0.2) is 34.1 Å². The second kappa shape index (κ2) is 6.63. The highest BCUT2D eigenvalue weighted by molar-refractivity contribution is 9.10. The number of imidazole rings is 1. The van der Waals surface area contributed by atoms with Gasteiger partial charge in [-0.1, -0.05) is 6.07 Å². The summed E-state index contributed by atoms with van der Waals surface area (Å²) >= 11 is 3.45. The highest BCUT2D eigenvalue weighted by Gasteiger charge is 2.38. The molecule has 0 spiro atoms. The second-order valence-electron chi connectivity index (χ2n) is 7.69. The number of aromatic nitrogens is 2. The van der Waals surface area contributed by atoms with Gasteiger partial charge in [0.1, 0.15) is 15.9 Å². The Hall–Kier alpha value is -2.42. The molecule has 0 aromatic carbocycles. The fourth-order valence-electron chi connectivity index (χ4n) is 2.82. The molecule has 0 saturated heterocycles. The van der Waals surface area contributed by atoms with Crippen molar-refractivity contribution in [3.63, 3.8) is 0 Å². The Labute approximate surface area is 165 Å². The summed E-state index contributed by atoms with van der Waals surface area (Å²) < 4.78 is 7.95. The molecule has 2 amide bonds. The van der Waals surface area contributed by atoms with Gasteiger partial charge in [0, 0.05) is 13.2 Å². The minimum Gasteiger partial charge on any atom is -0.444 e. The zero-order chi connectivity index (χ0) is 20.0. The molecule has 0 radical (unpaired) electrons. The Balaban J connectivity index is 1.97. The highest BCUT2D eigenvalue weighted by atomic mass is 79.9. The molecule has 0 saturated carbocycles. The van der Waals surface area contributed by atoms with E-state index in [1.54, 1.807) is 34.0 Å². The lowest BCUT2D eigenvalue weighted by Crippen LogP contribution is -2.52. The number of carbonyl (C=O) groups excluding carboxylic acids is 2. The fourth-order valence-corrected chi connectivity index (χ4v) is 3.21. The van der Waals surface area contributed by atoms with Crippen molar-refractivity contribution in [2.45, 2.75) is 45.3 Å². The van der Waals surface area contributed by atoms with Crippen LogP contribution in [0.4, 0.5) is 4.79 Å². The number of ether oxygens (including phenoxy) is 1. The standard InChI is InChI=1S/C18H22BrN5O3/c1-17(2,3)27-16(26)21-15-22-18(4,8-14(25)23(15)5)11-6-7-13-20-9-12(19)24(13)10-11/h6-7,9-10H,8H2,1-5H3,(H,21,22,26)/t18-/m0/s1. The van der Waals surface area contributed by atoms with Gasteiger partial charge in [-0.25, -0.2) is 14.8 Å². The van der Waals surface area contributed by atoms with E-state index in [0.29, 0.717) is 0 Å². The molecule has 0 bridgehead atoms. The summed E-state index contributed by atoms with van der Waals surface area (Å²) in [4.78, 5) is 35.0. The zero-order valence-corrected chi connectivity index (χ0v) is 17.5. The largest absolute Gasteiger partial charge is 0.444 e. The number of pyridine rings is 1. The van der Waals surface area contributed by atoms with Crippen LogP contribution in [0.2, 0.25) is 0 Å². The van der Waals surface area contributed by atoms with Gasteiger partial charge in [-0.2, -0.15) is 0 Å². The number of carbonyl (C=O) groups is 2. The molecule has 1 aliphatic rings. The molecule has 0 aliphatic carbocycles. The molecule has 8 nitrogen and oxygen atoms in total. The number of alkyl carbamates (subject to hydrolysis) is 1. The predicted octanol–water partition coefficient (Wildman–Crippen LogP) is 3.05. The lowest BCUT2D eigenvalue weighted by molar-refractivity contribution is -0.128. The summed E-state index contributed by atoms with van der Waals surface area (Å²) in [5.41, 5.74) is 0.138. The molecule has 1 N–H and O–H groups in total. The minimum atomic E-state index is -0.828. The molecule has 0 unspecified atom stereocenters. The van der Waals surface area contributed by atoms with Gasteiger partial charge in [-0.3, -0.25) is 19.4 Å². The monoisotopic (exact) mass is 435 g/mol. The number of amides is 2. The van der Waals surface area contributed by atoms with Crippen LogP contribution in [-0.2, 0) is 15.1 Å². The summed E-state index contributed by atoms with van der Waals surface area (Å²) in [6.45, 7) is 7.17. The van der Waals surface area contributed by atoms with Crippen molar-refractivity contribution in [2.24, 2.45) is 4.99 Å². The topological polar surface area (TPSA) is 88.3 Å². The zero-order valence-electron chi connectivity index (χ0n) is 15.9.